The van der Waals surface area contributed by atoms with Gasteiger partial charge in [0.2, 0.25) is 5.91 Å². The Morgan fingerprint density at radius 2 is 1.59 bits per heavy atom. The minimum absolute atomic E-state index is 0.0204. The van der Waals surface area contributed by atoms with Gasteiger partial charge in [-0.1, -0.05) is 24.0 Å². The molecule has 5 N–H and O–H groups in total. The number of aromatic nitrogens is 1. The lowest BCUT2D eigenvalue weighted by molar-refractivity contribution is -0.118. The van der Waals surface area contributed by atoms with E-state index < -0.39 is 53.2 Å². The van der Waals surface area contributed by atoms with Gasteiger partial charge in [-0.05, 0) is 31.4 Å². The number of amides is 3. The van der Waals surface area contributed by atoms with E-state index in [4.69, 9.17) is 10.2 Å². The molecule has 13 heteroatoms. The molecule has 3 amide bonds. The first-order valence-electron chi connectivity index (χ1n) is 9.68. The Labute approximate surface area is 190 Å². The molecule has 1 unspecified atom stereocenters. The second-order valence-electron chi connectivity index (χ2n) is 6.71. The molecule has 0 radical (unpaired) electrons. The molecule has 1 aromatic carbocycles. The van der Waals surface area contributed by atoms with Crippen LogP contribution in [0.4, 0.5) is 32.8 Å². The highest BCUT2D eigenvalue weighted by Gasteiger charge is 2.22. The zero-order chi connectivity index (χ0) is 25.3. The zero-order valence-corrected chi connectivity index (χ0v) is 17.3. The topological polar surface area (TPSA) is 141 Å². The van der Waals surface area contributed by atoms with Crippen molar-refractivity contribution in [3.8, 4) is 11.8 Å². The van der Waals surface area contributed by atoms with Gasteiger partial charge < -0.3 is 26.2 Å². The Hall–Kier alpha value is -4.34. The fourth-order valence-electron chi connectivity index (χ4n) is 2.73. The number of nitrogens with zero attached hydrogens (tertiary/aromatic N) is 1. The van der Waals surface area contributed by atoms with Gasteiger partial charge in [0.05, 0.1) is 5.69 Å². The molecule has 0 aliphatic heterocycles. The molecule has 0 aliphatic carbocycles. The summed E-state index contributed by atoms with van der Waals surface area (Å²) in [5, 5.41) is 24.2. The number of benzene rings is 1. The van der Waals surface area contributed by atoms with Gasteiger partial charge in [-0.25, -0.2) is 18.4 Å². The summed E-state index contributed by atoms with van der Waals surface area (Å²) < 4.78 is 54.1. The minimum Gasteiger partial charge on any atom is -0.465 e. The summed E-state index contributed by atoms with van der Waals surface area (Å²) >= 11 is 0. The van der Waals surface area contributed by atoms with Crippen molar-refractivity contribution in [2.75, 3.05) is 11.9 Å². The lowest BCUT2D eigenvalue weighted by atomic mass is 10.1. The summed E-state index contributed by atoms with van der Waals surface area (Å²) in [5.74, 6) is -3.79. The third-order valence-electron chi connectivity index (χ3n) is 4.31. The number of hydrogen-bond donors (Lipinski definition) is 5. The predicted molar refractivity (Wildman–Crippen MR) is 110 cm³/mol. The van der Waals surface area contributed by atoms with Crippen LogP contribution in [0.25, 0.3) is 0 Å². The normalized spacial score (nSPS) is 11.1. The second kappa shape index (κ2) is 12.0. The number of hydrogen-bond acceptors (Lipinski definition) is 4. The highest BCUT2D eigenvalue weighted by Crippen LogP contribution is 2.18. The smallest absolute Gasteiger partial charge is 0.405 e. The van der Waals surface area contributed by atoms with Gasteiger partial charge in [0.1, 0.15) is 11.6 Å². The maximum Gasteiger partial charge on any atom is 0.405 e. The molecular formula is C21H18F4N4O5. The number of halogens is 4. The highest BCUT2D eigenvalue weighted by atomic mass is 19.2. The Bertz CT molecular complexity index is 1120. The van der Waals surface area contributed by atoms with Crippen LogP contribution in [0, 0.1) is 35.4 Å². The van der Waals surface area contributed by atoms with Crippen LogP contribution in [-0.2, 0) is 4.79 Å². The standard InChI is InChI=1S/C21H18F4N4O5/c22-15-12(16(23)18(25)29-17(15)24)9-8-11-5-1-2-6-13(11)27-19(30)14(28-21(33)34)7-3-4-10-26-20(31)32/h1-2,5-6,14,26,28H,3-4,7,10H2,(H,27,30)(H,31,32)(H,33,34). The van der Waals surface area contributed by atoms with Crippen LogP contribution in [0.5, 0.6) is 0 Å². The molecule has 9 nitrogen and oxygen atoms in total. The van der Waals surface area contributed by atoms with Gasteiger partial charge >= 0.3 is 12.2 Å². The molecule has 34 heavy (non-hydrogen) atoms. The van der Waals surface area contributed by atoms with Crippen LogP contribution in [0.1, 0.15) is 30.4 Å². The predicted octanol–water partition coefficient (Wildman–Crippen LogP) is 3.05. The van der Waals surface area contributed by atoms with E-state index in [1.807, 2.05) is 11.2 Å². The minimum atomic E-state index is -1.87. The maximum atomic E-state index is 13.8. The SMILES string of the molecule is O=C(O)NCCCCC(NC(=O)O)C(=O)Nc1ccccc1C#Cc1c(F)c(F)nc(F)c1F. The Kier molecular flexibility index (Phi) is 9.18. The number of unbranched alkanes of at least 4 members (excludes halogenated alkanes) is 1. The van der Waals surface area contributed by atoms with Crippen LogP contribution < -0.4 is 16.0 Å². The van der Waals surface area contributed by atoms with Crippen molar-refractivity contribution in [3.63, 3.8) is 0 Å². The van der Waals surface area contributed by atoms with Crippen molar-refractivity contribution in [3.05, 3.63) is 58.9 Å². The second-order valence-corrected chi connectivity index (χ2v) is 6.71. The largest absolute Gasteiger partial charge is 0.465 e. The first-order chi connectivity index (χ1) is 16.1. The molecule has 0 bridgehead atoms. The first kappa shape index (κ1) is 25.9. The van der Waals surface area contributed by atoms with Crippen molar-refractivity contribution < 1.29 is 42.2 Å². The van der Waals surface area contributed by atoms with Crippen LogP contribution in [-0.4, -0.2) is 45.9 Å². The van der Waals surface area contributed by atoms with Gasteiger partial charge in [0.15, 0.2) is 11.6 Å². The molecule has 0 fully saturated rings. The average molecular weight is 482 g/mol. The fraction of sp³-hybridized carbons (Fsp3) is 0.238. The summed E-state index contributed by atoms with van der Waals surface area (Å²) in [6.45, 7) is 0.110. The van der Waals surface area contributed by atoms with E-state index >= 15 is 0 Å². The number of carbonyl (C=O) groups excluding carboxylic acids is 1. The van der Waals surface area contributed by atoms with Crippen molar-refractivity contribution in [2.24, 2.45) is 0 Å². The molecule has 0 aliphatic rings. The molecule has 0 saturated carbocycles. The molecule has 0 saturated heterocycles. The summed E-state index contributed by atoms with van der Waals surface area (Å²) in [5.41, 5.74) is -1.13. The third-order valence-corrected chi connectivity index (χ3v) is 4.31. The van der Waals surface area contributed by atoms with E-state index in [2.05, 4.69) is 21.5 Å². The average Bonchev–Trinajstić information content (AvgIpc) is 2.77. The lowest BCUT2D eigenvalue weighted by Crippen LogP contribution is -2.43. The monoisotopic (exact) mass is 482 g/mol. The maximum absolute atomic E-state index is 13.8. The quantitative estimate of drug-likeness (QED) is 0.170. The van der Waals surface area contributed by atoms with Crippen molar-refractivity contribution >= 4 is 23.8 Å². The van der Waals surface area contributed by atoms with Gasteiger partial charge in [0.25, 0.3) is 11.9 Å². The van der Waals surface area contributed by atoms with Crippen molar-refractivity contribution in [1.82, 2.24) is 15.6 Å². The van der Waals surface area contributed by atoms with E-state index in [1.165, 1.54) is 24.3 Å². The summed E-state index contributed by atoms with van der Waals surface area (Å²) in [7, 11) is 0. The van der Waals surface area contributed by atoms with Gasteiger partial charge in [-0.3, -0.25) is 4.79 Å². The number of anilines is 1. The Balaban J connectivity index is 2.20. The molecular weight excluding hydrogens is 464 g/mol. The molecule has 1 heterocycles. The van der Waals surface area contributed by atoms with Crippen LogP contribution in [0.15, 0.2) is 24.3 Å². The lowest BCUT2D eigenvalue weighted by Gasteiger charge is -2.17. The fourth-order valence-corrected chi connectivity index (χ4v) is 2.73. The number of pyridine rings is 1. The summed E-state index contributed by atoms with van der Waals surface area (Å²) in [6.07, 6.45) is -2.00. The van der Waals surface area contributed by atoms with Gasteiger partial charge in [0, 0.05) is 12.1 Å². The van der Waals surface area contributed by atoms with Crippen molar-refractivity contribution in [2.45, 2.75) is 25.3 Å². The van der Waals surface area contributed by atoms with E-state index in [1.54, 1.807) is 0 Å². The number of rotatable bonds is 8. The molecule has 2 rings (SSSR count). The number of carbonyl (C=O) groups is 3. The van der Waals surface area contributed by atoms with Crippen LogP contribution >= 0.6 is 0 Å². The Morgan fingerprint density at radius 1 is 0.941 bits per heavy atom. The van der Waals surface area contributed by atoms with Gasteiger partial charge in [-0.15, -0.1) is 0 Å². The number of nitrogens with one attached hydrogen (secondary N) is 3. The molecule has 180 valence electrons. The number of carboxylic acid groups (broad SMARTS) is 2. The van der Waals surface area contributed by atoms with Crippen LogP contribution in [0.2, 0.25) is 0 Å². The molecule has 1 atom stereocenters. The van der Waals surface area contributed by atoms with E-state index in [-0.39, 0.29) is 24.2 Å². The summed E-state index contributed by atoms with van der Waals surface area (Å²) in [6, 6.07) is 4.48. The van der Waals surface area contributed by atoms with E-state index in [9.17, 15) is 31.9 Å². The van der Waals surface area contributed by atoms with Gasteiger partial charge in [-0.2, -0.15) is 13.8 Å². The first-order valence-corrected chi connectivity index (χ1v) is 9.68. The highest BCUT2D eigenvalue weighted by molar-refractivity contribution is 5.97. The zero-order valence-electron chi connectivity index (χ0n) is 17.3. The summed E-state index contributed by atoms with van der Waals surface area (Å²) in [4.78, 5) is 36.5. The van der Waals surface area contributed by atoms with Crippen LogP contribution in [0.3, 0.4) is 0 Å². The third kappa shape index (κ3) is 7.37. The molecule has 0 spiro atoms. The van der Waals surface area contributed by atoms with Crippen molar-refractivity contribution in [1.29, 1.82) is 0 Å². The van der Waals surface area contributed by atoms with E-state index in [0.717, 1.165) is 0 Å². The molecule has 1 aromatic heterocycles. The Morgan fingerprint density at radius 3 is 2.21 bits per heavy atom. The molecule has 2 aromatic rings. The number of para-hydroxylation sites is 1. The van der Waals surface area contributed by atoms with E-state index in [0.29, 0.717) is 12.8 Å².